The Morgan fingerprint density at radius 2 is 2.07 bits per heavy atom. The van der Waals surface area contributed by atoms with Crippen LogP contribution in [0.2, 0.25) is 0 Å². The lowest BCUT2D eigenvalue weighted by Crippen LogP contribution is -2.39. The van der Waals surface area contributed by atoms with Crippen molar-refractivity contribution in [2.45, 2.75) is 26.3 Å². The minimum absolute atomic E-state index is 0.137. The number of para-hydroxylation sites is 1. The lowest BCUT2D eigenvalue weighted by atomic mass is 10.0. The fourth-order valence-corrected chi connectivity index (χ4v) is 3.48. The Balaban J connectivity index is 2.03. The Labute approximate surface area is 166 Å². The van der Waals surface area contributed by atoms with Crippen LogP contribution in [0.4, 0.5) is 0 Å². The third-order valence-corrected chi connectivity index (χ3v) is 5.05. The molecule has 0 bridgehead atoms. The lowest BCUT2D eigenvalue weighted by molar-refractivity contribution is 0.295. The largest absolute Gasteiger partial charge is 0.496 e. The van der Waals surface area contributed by atoms with Crippen LogP contribution in [-0.4, -0.2) is 56.7 Å². The number of guanidine groups is 1. The summed E-state index contributed by atoms with van der Waals surface area (Å²) < 4.78 is 5.53. The summed E-state index contributed by atoms with van der Waals surface area (Å²) in [5, 5.41) is 9.95. The van der Waals surface area contributed by atoms with Crippen molar-refractivity contribution in [2.75, 3.05) is 40.8 Å². The summed E-state index contributed by atoms with van der Waals surface area (Å²) in [5.74, 6) is 1.72. The maximum atomic E-state index is 5.53. The first-order chi connectivity index (χ1) is 13.0. The molecule has 0 aliphatic carbocycles. The van der Waals surface area contributed by atoms with Gasteiger partial charge in [0.05, 0.1) is 30.4 Å². The van der Waals surface area contributed by atoms with Gasteiger partial charge in [0.2, 0.25) is 0 Å². The molecule has 1 atom stereocenters. The van der Waals surface area contributed by atoms with Gasteiger partial charge in [-0.15, -0.1) is 11.3 Å². The van der Waals surface area contributed by atoms with E-state index in [1.165, 1.54) is 0 Å². The second-order valence-corrected chi connectivity index (χ2v) is 7.54. The third kappa shape index (κ3) is 6.52. The molecule has 0 spiro atoms. The van der Waals surface area contributed by atoms with Gasteiger partial charge in [-0.3, -0.25) is 4.99 Å². The summed E-state index contributed by atoms with van der Waals surface area (Å²) in [7, 11) is 5.84. The molecule has 2 rings (SSSR count). The molecule has 0 aliphatic rings. The number of hydrogen-bond donors (Lipinski definition) is 2. The number of likely N-dealkylation sites (N-methyl/N-ethyl adjacent to an activating group) is 1. The summed E-state index contributed by atoms with van der Waals surface area (Å²) in [4.78, 5) is 11.5. The van der Waals surface area contributed by atoms with Gasteiger partial charge >= 0.3 is 0 Å². The average molecular weight is 390 g/mol. The van der Waals surface area contributed by atoms with Gasteiger partial charge in [-0.1, -0.05) is 18.2 Å². The van der Waals surface area contributed by atoms with E-state index in [2.05, 4.69) is 53.0 Å². The van der Waals surface area contributed by atoms with Gasteiger partial charge in [0.15, 0.2) is 5.96 Å². The van der Waals surface area contributed by atoms with E-state index in [1.54, 1.807) is 18.4 Å². The first kappa shape index (κ1) is 21.2. The number of nitrogens with zero attached hydrogens (tertiary/aromatic N) is 3. The topological polar surface area (TPSA) is 61.8 Å². The monoisotopic (exact) mass is 389 g/mol. The number of nitrogens with one attached hydrogen (secondary N) is 2. The third-order valence-electron chi connectivity index (χ3n) is 4.23. The molecule has 0 aliphatic heterocycles. The minimum atomic E-state index is 0.137. The van der Waals surface area contributed by atoms with Gasteiger partial charge in [0.25, 0.3) is 0 Å². The molecule has 148 valence electrons. The summed E-state index contributed by atoms with van der Waals surface area (Å²) in [6.07, 6.45) is 0.887. The second-order valence-electron chi connectivity index (χ2n) is 6.48. The maximum absolute atomic E-state index is 5.53. The zero-order chi connectivity index (χ0) is 19.6. The van der Waals surface area contributed by atoms with Crippen LogP contribution in [0.15, 0.2) is 34.6 Å². The van der Waals surface area contributed by atoms with Gasteiger partial charge in [0, 0.05) is 30.5 Å². The van der Waals surface area contributed by atoms with Crippen molar-refractivity contribution in [1.29, 1.82) is 0 Å². The van der Waals surface area contributed by atoms with E-state index in [0.29, 0.717) is 6.54 Å². The number of hydrogen-bond acceptors (Lipinski definition) is 5. The number of benzene rings is 1. The molecule has 0 saturated heterocycles. The molecule has 1 aromatic carbocycles. The zero-order valence-corrected chi connectivity index (χ0v) is 17.8. The number of aromatic nitrogens is 1. The molecule has 2 N–H and O–H groups in total. The molecule has 1 unspecified atom stereocenters. The first-order valence-electron chi connectivity index (χ1n) is 9.27. The Bertz CT molecular complexity index is 729. The van der Waals surface area contributed by atoms with Crippen LogP contribution in [0.25, 0.3) is 0 Å². The van der Waals surface area contributed by atoms with E-state index in [0.717, 1.165) is 47.5 Å². The van der Waals surface area contributed by atoms with Crippen molar-refractivity contribution in [3.8, 4) is 5.75 Å². The highest BCUT2D eigenvalue weighted by molar-refractivity contribution is 7.09. The van der Waals surface area contributed by atoms with Crippen LogP contribution in [0.5, 0.6) is 5.75 Å². The van der Waals surface area contributed by atoms with Gasteiger partial charge < -0.3 is 20.3 Å². The highest BCUT2D eigenvalue weighted by atomic mass is 32.1. The molecule has 0 fully saturated rings. The molecule has 0 saturated carbocycles. The number of ether oxygens (including phenoxy) is 1. The van der Waals surface area contributed by atoms with Crippen molar-refractivity contribution < 1.29 is 4.74 Å². The summed E-state index contributed by atoms with van der Waals surface area (Å²) >= 11 is 1.69. The van der Waals surface area contributed by atoms with E-state index in [-0.39, 0.29) is 6.04 Å². The number of rotatable bonds is 9. The fraction of sp³-hybridized carbons (Fsp3) is 0.500. The summed E-state index contributed by atoms with van der Waals surface area (Å²) in [5.41, 5.74) is 2.27. The average Bonchev–Trinajstić information content (AvgIpc) is 3.07. The Morgan fingerprint density at radius 3 is 2.70 bits per heavy atom. The fourth-order valence-electron chi connectivity index (χ4n) is 2.83. The minimum Gasteiger partial charge on any atom is -0.496 e. The molecular formula is C20H31N5OS. The van der Waals surface area contributed by atoms with Gasteiger partial charge in [-0.25, -0.2) is 4.98 Å². The smallest absolute Gasteiger partial charge is 0.191 e. The van der Waals surface area contributed by atoms with Crippen molar-refractivity contribution in [3.63, 3.8) is 0 Å². The molecule has 6 nitrogen and oxygen atoms in total. The number of aryl methyl sites for hydroxylation is 1. The van der Waals surface area contributed by atoms with E-state index in [4.69, 9.17) is 9.73 Å². The lowest BCUT2D eigenvalue weighted by Gasteiger charge is -2.25. The van der Waals surface area contributed by atoms with Gasteiger partial charge in [0.1, 0.15) is 5.75 Å². The Hall–Kier alpha value is -2.12. The van der Waals surface area contributed by atoms with Crippen LogP contribution >= 0.6 is 11.3 Å². The van der Waals surface area contributed by atoms with Crippen LogP contribution in [-0.2, 0) is 6.42 Å². The standard InChI is InChI=1S/C20H31N5OS/c1-6-21-20(22-12-11-16-14-27-15(2)24-16)23-13-18(25(3)4)17-9-7-8-10-19(17)26-5/h7-10,14,18H,6,11-13H2,1-5H3,(H2,21,22,23). The summed E-state index contributed by atoms with van der Waals surface area (Å²) in [6.45, 7) is 6.37. The van der Waals surface area contributed by atoms with Crippen LogP contribution < -0.4 is 15.4 Å². The molecule has 0 radical (unpaired) electrons. The predicted molar refractivity (Wildman–Crippen MR) is 114 cm³/mol. The van der Waals surface area contributed by atoms with Crippen molar-refractivity contribution >= 4 is 17.3 Å². The first-order valence-corrected chi connectivity index (χ1v) is 10.2. The number of methoxy groups -OCH3 is 1. The van der Waals surface area contributed by atoms with Crippen molar-refractivity contribution in [2.24, 2.45) is 4.99 Å². The molecule has 0 amide bonds. The van der Waals surface area contributed by atoms with Gasteiger partial charge in [-0.05, 0) is 34.0 Å². The predicted octanol–water partition coefficient (Wildman–Crippen LogP) is 2.86. The normalized spacial score (nSPS) is 12.9. The highest BCUT2D eigenvalue weighted by Crippen LogP contribution is 2.28. The highest BCUT2D eigenvalue weighted by Gasteiger charge is 2.18. The number of thiazole rings is 1. The molecule has 27 heavy (non-hydrogen) atoms. The maximum Gasteiger partial charge on any atom is 0.191 e. The van der Waals surface area contributed by atoms with Crippen LogP contribution in [0, 0.1) is 6.92 Å². The van der Waals surface area contributed by atoms with Crippen molar-refractivity contribution in [3.05, 3.63) is 45.9 Å². The Morgan fingerprint density at radius 1 is 1.30 bits per heavy atom. The van der Waals surface area contributed by atoms with Gasteiger partial charge in [-0.2, -0.15) is 0 Å². The SMILES string of the molecule is CCNC(=NCC(c1ccccc1OC)N(C)C)NCCc1csc(C)n1. The van der Waals surface area contributed by atoms with Crippen molar-refractivity contribution in [1.82, 2.24) is 20.5 Å². The number of aliphatic imine (C=N–C) groups is 1. The van der Waals surface area contributed by atoms with Crippen LogP contribution in [0.1, 0.15) is 29.2 Å². The quantitative estimate of drug-likeness (QED) is 0.510. The van der Waals surface area contributed by atoms with E-state index in [1.807, 2.05) is 25.1 Å². The van der Waals surface area contributed by atoms with Crippen LogP contribution in [0.3, 0.4) is 0 Å². The molecule has 1 heterocycles. The molecule has 2 aromatic rings. The van der Waals surface area contributed by atoms with E-state index < -0.39 is 0 Å². The Kier molecular flexibility index (Phi) is 8.54. The molecular weight excluding hydrogens is 358 g/mol. The second kappa shape index (κ2) is 10.9. The zero-order valence-electron chi connectivity index (χ0n) is 17.0. The van der Waals surface area contributed by atoms with E-state index in [9.17, 15) is 0 Å². The summed E-state index contributed by atoms with van der Waals surface area (Å²) in [6, 6.07) is 8.26. The molecule has 7 heteroatoms. The van der Waals surface area contributed by atoms with E-state index >= 15 is 0 Å². The molecule has 1 aromatic heterocycles.